The third-order valence-corrected chi connectivity index (χ3v) is 2.09. The van der Waals surface area contributed by atoms with Gasteiger partial charge < -0.3 is 10.1 Å². The van der Waals surface area contributed by atoms with E-state index in [0.29, 0.717) is 11.5 Å². The molecule has 0 radical (unpaired) electrons. The molecule has 1 rings (SSSR count). The fraction of sp³-hybridized carbons (Fsp3) is 0.231. The first-order valence-electron chi connectivity index (χ1n) is 5.44. The van der Waals surface area contributed by atoms with Gasteiger partial charge in [0.05, 0.1) is 12.7 Å². The van der Waals surface area contributed by atoms with E-state index >= 15 is 0 Å². The molecule has 0 fully saturated rings. The molecule has 4 nitrogen and oxygen atoms in total. The van der Waals surface area contributed by atoms with Crippen molar-refractivity contribution in [3.05, 3.63) is 42.0 Å². The van der Waals surface area contributed by atoms with Gasteiger partial charge in [-0.2, -0.15) is 0 Å². The summed E-state index contributed by atoms with van der Waals surface area (Å²) < 4.78 is 18.0. The summed E-state index contributed by atoms with van der Waals surface area (Å²) in [5.41, 5.74) is 0.365. The zero-order valence-corrected chi connectivity index (χ0v) is 10.4. The minimum absolute atomic E-state index is 0.106. The Labute approximate surface area is 105 Å². The molecule has 0 aromatic heterocycles. The van der Waals surface area contributed by atoms with Crippen molar-refractivity contribution in [2.24, 2.45) is 4.99 Å². The number of carbonyl (C=O) groups excluding carboxylic acids is 1. The summed E-state index contributed by atoms with van der Waals surface area (Å²) in [6.45, 7) is 5.61. The first-order valence-corrected chi connectivity index (χ1v) is 5.44. The molecule has 18 heavy (non-hydrogen) atoms. The molecule has 0 unspecified atom stereocenters. The highest BCUT2D eigenvalue weighted by Gasteiger charge is 2.12. The first kappa shape index (κ1) is 13.9. The third-order valence-electron chi connectivity index (χ3n) is 2.09. The topological polar surface area (TPSA) is 50.7 Å². The number of benzene rings is 1. The molecule has 0 atom stereocenters. The van der Waals surface area contributed by atoms with Crippen molar-refractivity contribution in [2.45, 2.75) is 13.3 Å². The van der Waals surface area contributed by atoms with Crippen LogP contribution >= 0.6 is 0 Å². The summed E-state index contributed by atoms with van der Waals surface area (Å²) in [6, 6.07) is 4.10. The lowest BCUT2D eigenvalue weighted by atomic mass is 10.2. The second kappa shape index (κ2) is 6.54. The van der Waals surface area contributed by atoms with Crippen LogP contribution in [0.15, 0.2) is 35.6 Å². The molecule has 0 aliphatic rings. The Morgan fingerprint density at radius 1 is 1.61 bits per heavy atom. The van der Waals surface area contributed by atoms with Gasteiger partial charge in [0, 0.05) is 11.9 Å². The van der Waals surface area contributed by atoms with E-state index in [1.165, 1.54) is 19.2 Å². The number of nitrogens with zero attached hydrogens (tertiary/aromatic N) is 1. The van der Waals surface area contributed by atoms with Crippen LogP contribution in [0.1, 0.15) is 23.7 Å². The van der Waals surface area contributed by atoms with Crippen molar-refractivity contribution in [3.8, 4) is 0 Å². The lowest BCUT2D eigenvalue weighted by Crippen LogP contribution is -2.05. The molecule has 0 aliphatic heterocycles. The quantitative estimate of drug-likeness (QED) is 0.645. The molecule has 1 aromatic rings. The Hall–Kier alpha value is -2.17. The predicted molar refractivity (Wildman–Crippen MR) is 69.3 cm³/mol. The van der Waals surface area contributed by atoms with Gasteiger partial charge in [0.25, 0.3) is 0 Å². The molecular formula is C13H15FN2O2. The lowest BCUT2D eigenvalue weighted by Gasteiger charge is -2.07. The van der Waals surface area contributed by atoms with Crippen LogP contribution in [0.4, 0.5) is 10.1 Å². The fourth-order valence-corrected chi connectivity index (χ4v) is 1.27. The maximum Gasteiger partial charge on any atom is 0.340 e. The normalized spacial score (nSPS) is 10.4. The number of nitrogens with one attached hydrogen (secondary N) is 1. The first-order chi connectivity index (χ1) is 8.58. The Morgan fingerprint density at radius 2 is 2.33 bits per heavy atom. The minimum Gasteiger partial charge on any atom is -0.465 e. The highest BCUT2D eigenvalue weighted by atomic mass is 19.1. The molecule has 0 saturated carbocycles. The highest BCUT2D eigenvalue weighted by Crippen LogP contribution is 2.16. The number of hydrogen-bond donors (Lipinski definition) is 1. The Kier molecular flexibility index (Phi) is 5.05. The van der Waals surface area contributed by atoms with Gasteiger partial charge >= 0.3 is 5.97 Å². The van der Waals surface area contributed by atoms with Crippen LogP contribution in [-0.4, -0.2) is 19.3 Å². The van der Waals surface area contributed by atoms with Gasteiger partial charge in [-0.1, -0.05) is 13.5 Å². The minimum atomic E-state index is -0.707. The summed E-state index contributed by atoms with van der Waals surface area (Å²) in [6.07, 6.45) is 2.48. The van der Waals surface area contributed by atoms with Crippen LogP contribution in [0.2, 0.25) is 0 Å². The number of anilines is 1. The molecule has 96 valence electrons. The summed E-state index contributed by atoms with van der Waals surface area (Å²) in [5.74, 6) is -0.955. The van der Waals surface area contributed by atoms with Crippen LogP contribution in [-0.2, 0) is 4.74 Å². The number of esters is 1. The van der Waals surface area contributed by atoms with Crippen molar-refractivity contribution in [2.75, 3.05) is 12.4 Å². The predicted octanol–water partition coefficient (Wildman–Crippen LogP) is 2.98. The average Bonchev–Trinajstić information content (AvgIpc) is 2.35. The molecule has 0 saturated heterocycles. The summed E-state index contributed by atoms with van der Waals surface area (Å²) in [4.78, 5) is 15.2. The van der Waals surface area contributed by atoms with Crippen molar-refractivity contribution in [1.29, 1.82) is 0 Å². The maximum atomic E-state index is 13.6. The van der Waals surface area contributed by atoms with E-state index in [1.54, 1.807) is 12.3 Å². The van der Waals surface area contributed by atoms with Gasteiger partial charge in [0.15, 0.2) is 0 Å². The summed E-state index contributed by atoms with van der Waals surface area (Å²) in [7, 11) is 1.20. The molecular weight excluding hydrogens is 235 g/mol. The number of methoxy groups -OCH3 is 1. The molecule has 1 N–H and O–H groups in total. The van der Waals surface area contributed by atoms with Gasteiger partial charge in [-0.25, -0.2) is 14.2 Å². The van der Waals surface area contributed by atoms with E-state index < -0.39 is 11.8 Å². The molecule has 5 heteroatoms. The number of ether oxygens (including phenoxy) is 1. The van der Waals surface area contributed by atoms with Gasteiger partial charge in [-0.15, -0.1) is 0 Å². The van der Waals surface area contributed by atoms with Crippen LogP contribution < -0.4 is 5.32 Å². The Balaban J connectivity index is 2.82. The second-order valence-electron chi connectivity index (χ2n) is 3.48. The second-order valence-corrected chi connectivity index (χ2v) is 3.48. The SMILES string of the molecule is C=C(/N=C\CC)Nc1ccc(C(=O)OC)c(F)c1. The number of aliphatic imine (C=N–C) groups is 1. The van der Waals surface area contributed by atoms with Gasteiger partial charge in [-0.05, 0) is 24.6 Å². The molecule has 0 amide bonds. The maximum absolute atomic E-state index is 13.6. The van der Waals surface area contributed by atoms with E-state index in [-0.39, 0.29) is 5.56 Å². The zero-order chi connectivity index (χ0) is 13.5. The highest BCUT2D eigenvalue weighted by molar-refractivity contribution is 5.90. The Bertz CT molecular complexity index is 484. The smallest absolute Gasteiger partial charge is 0.340 e. The van der Waals surface area contributed by atoms with E-state index in [4.69, 9.17) is 0 Å². The fourth-order valence-electron chi connectivity index (χ4n) is 1.27. The van der Waals surface area contributed by atoms with E-state index in [9.17, 15) is 9.18 Å². The Morgan fingerprint density at radius 3 is 2.89 bits per heavy atom. The van der Waals surface area contributed by atoms with Crippen LogP contribution in [0.5, 0.6) is 0 Å². The number of hydrogen-bond acceptors (Lipinski definition) is 4. The van der Waals surface area contributed by atoms with Gasteiger partial charge in [0.2, 0.25) is 0 Å². The van der Waals surface area contributed by atoms with E-state index in [2.05, 4.69) is 21.6 Å². The zero-order valence-electron chi connectivity index (χ0n) is 10.4. The standard InChI is InChI=1S/C13H15FN2O2/c1-4-7-15-9(2)16-10-5-6-11(12(14)8-10)13(17)18-3/h5-8,16H,2,4H2,1,3H3/b15-7-. The third kappa shape index (κ3) is 3.69. The van der Waals surface area contributed by atoms with Gasteiger partial charge in [-0.3, -0.25) is 0 Å². The van der Waals surface area contributed by atoms with E-state index in [0.717, 1.165) is 6.42 Å². The monoisotopic (exact) mass is 250 g/mol. The van der Waals surface area contributed by atoms with Gasteiger partial charge in [0.1, 0.15) is 11.6 Å². The average molecular weight is 250 g/mol. The molecule has 0 heterocycles. The summed E-state index contributed by atoms with van der Waals surface area (Å²) >= 11 is 0. The number of rotatable bonds is 5. The summed E-state index contributed by atoms with van der Waals surface area (Å²) in [5, 5.41) is 2.82. The van der Waals surface area contributed by atoms with Crippen molar-refractivity contribution in [3.63, 3.8) is 0 Å². The molecule has 1 aromatic carbocycles. The largest absolute Gasteiger partial charge is 0.465 e. The lowest BCUT2D eigenvalue weighted by molar-refractivity contribution is 0.0595. The van der Waals surface area contributed by atoms with Crippen LogP contribution in [0.25, 0.3) is 0 Å². The molecule has 0 aliphatic carbocycles. The van der Waals surface area contributed by atoms with Crippen LogP contribution in [0.3, 0.4) is 0 Å². The molecule has 0 bridgehead atoms. The van der Waals surface area contributed by atoms with Crippen molar-refractivity contribution >= 4 is 17.9 Å². The number of carbonyl (C=O) groups is 1. The van der Waals surface area contributed by atoms with Crippen LogP contribution in [0, 0.1) is 5.82 Å². The van der Waals surface area contributed by atoms with Crippen molar-refractivity contribution < 1.29 is 13.9 Å². The number of halogens is 1. The molecule has 0 spiro atoms. The van der Waals surface area contributed by atoms with Crippen molar-refractivity contribution in [1.82, 2.24) is 0 Å². The van der Waals surface area contributed by atoms with E-state index in [1.807, 2.05) is 6.92 Å².